The Morgan fingerprint density at radius 1 is 1.21 bits per heavy atom. The summed E-state index contributed by atoms with van der Waals surface area (Å²) in [5, 5.41) is 3.45. The van der Waals surface area contributed by atoms with Gasteiger partial charge in [-0.3, -0.25) is 4.79 Å². The van der Waals surface area contributed by atoms with E-state index < -0.39 is 34.4 Å². The van der Waals surface area contributed by atoms with Crippen LogP contribution in [-0.2, 0) is 19.4 Å². The van der Waals surface area contributed by atoms with Gasteiger partial charge in [-0.25, -0.2) is 18.2 Å². The number of esters is 1. The van der Waals surface area contributed by atoms with Crippen molar-refractivity contribution in [1.82, 2.24) is 10.3 Å². The predicted molar refractivity (Wildman–Crippen MR) is 87.2 cm³/mol. The minimum atomic E-state index is -3.07. The van der Waals surface area contributed by atoms with Crippen LogP contribution in [0.15, 0.2) is 36.4 Å². The second kappa shape index (κ2) is 6.56. The van der Waals surface area contributed by atoms with Gasteiger partial charge in [-0.15, -0.1) is 0 Å². The topological polar surface area (TPSA) is 102 Å². The highest BCUT2D eigenvalue weighted by atomic mass is 32.2. The van der Waals surface area contributed by atoms with Gasteiger partial charge in [0.25, 0.3) is 5.91 Å². The minimum Gasteiger partial charge on any atom is -0.451 e. The number of fused-ring (bicyclic) bond motifs is 1. The molecule has 1 N–H and O–H groups in total. The Morgan fingerprint density at radius 2 is 2.00 bits per heavy atom. The number of nitrogens with zero attached hydrogens (tertiary/aromatic N) is 1. The van der Waals surface area contributed by atoms with Crippen LogP contribution in [0.2, 0.25) is 0 Å². The molecule has 1 aromatic carbocycles. The summed E-state index contributed by atoms with van der Waals surface area (Å²) in [4.78, 5) is 27.9. The smallest absolute Gasteiger partial charge is 0.357 e. The average Bonchev–Trinajstić information content (AvgIpc) is 2.90. The maximum absolute atomic E-state index is 12.0. The second-order valence-corrected chi connectivity index (χ2v) is 7.86. The zero-order chi connectivity index (χ0) is 17.2. The molecule has 3 rings (SSSR count). The molecule has 1 amide bonds. The van der Waals surface area contributed by atoms with Gasteiger partial charge in [0, 0.05) is 11.4 Å². The van der Waals surface area contributed by atoms with Gasteiger partial charge < -0.3 is 10.1 Å². The summed E-state index contributed by atoms with van der Waals surface area (Å²) in [6.07, 6.45) is 0.383. The average molecular weight is 348 g/mol. The lowest BCUT2D eigenvalue weighted by Gasteiger charge is -2.11. The van der Waals surface area contributed by atoms with E-state index in [4.69, 9.17) is 4.74 Å². The van der Waals surface area contributed by atoms with E-state index in [0.29, 0.717) is 11.9 Å². The molecule has 0 aliphatic carbocycles. The SMILES string of the molecule is O=C(COC(=O)c1ccc2ccccc2n1)N[C@H]1CCS(=O)(=O)C1. The van der Waals surface area contributed by atoms with Crippen molar-refractivity contribution >= 4 is 32.6 Å². The first-order valence-electron chi connectivity index (χ1n) is 7.46. The van der Waals surface area contributed by atoms with Crippen LogP contribution in [0.1, 0.15) is 16.9 Å². The van der Waals surface area contributed by atoms with Gasteiger partial charge in [-0.05, 0) is 18.6 Å². The largest absolute Gasteiger partial charge is 0.451 e. The lowest BCUT2D eigenvalue weighted by molar-refractivity contribution is -0.124. The minimum absolute atomic E-state index is 0.0682. The van der Waals surface area contributed by atoms with Crippen LogP contribution in [0.5, 0.6) is 0 Å². The summed E-state index contributed by atoms with van der Waals surface area (Å²) in [6.45, 7) is -0.468. The number of aromatic nitrogens is 1. The van der Waals surface area contributed by atoms with Gasteiger partial charge in [0.2, 0.25) is 0 Å². The second-order valence-electron chi connectivity index (χ2n) is 5.63. The van der Waals surface area contributed by atoms with Crippen molar-refractivity contribution < 1.29 is 22.7 Å². The van der Waals surface area contributed by atoms with Gasteiger partial charge in [-0.1, -0.05) is 24.3 Å². The highest BCUT2D eigenvalue weighted by molar-refractivity contribution is 7.91. The zero-order valence-electron chi connectivity index (χ0n) is 12.8. The highest BCUT2D eigenvalue weighted by Crippen LogP contribution is 2.13. The number of pyridine rings is 1. The monoisotopic (exact) mass is 348 g/mol. The van der Waals surface area contributed by atoms with Crippen LogP contribution in [0.4, 0.5) is 0 Å². The number of benzene rings is 1. The van der Waals surface area contributed by atoms with E-state index in [1.165, 1.54) is 6.07 Å². The van der Waals surface area contributed by atoms with Crippen LogP contribution < -0.4 is 5.32 Å². The molecule has 1 atom stereocenters. The normalized spacial score (nSPS) is 19.1. The summed E-state index contributed by atoms with van der Waals surface area (Å²) in [5.74, 6) is -1.22. The molecule has 7 nitrogen and oxygen atoms in total. The molecule has 1 aromatic heterocycles. The molecule has 2 aromatic rings. The van der Waals surface area contributed by atoms with E-state index in [1.807, 2.05) is 18.2 Å². The number of sulfone groups is 1. The van der Waals surface area contributed by atoms with E-state index in [0.717, 1.165) is 5.39 Å². The molecule has 1 aliphatic rings. The molecule has 126 valence electrons. The molecule has 1 fully saturated rings. The lowest BCUT2D eigenvalue weighted by Crippen LogP contribution is -2.38. The van der Waals surface area contributed by atoms with Crippen LogP contribution in [0.25, 0.3) is 10.9 Å². The van der Waals surface area contributed by atoms with E-state index in [-0.39, 0.29) is 17.2 Å². The van der Waals surface area contributed by atoms with Gasteiger partial charge in [0.05, 0.1) is 17.0 Å². The Kier molecular flexibility index (Phi) is 4.48. The summed E-state index contributed by atoms with van der Waals surface area (Å²) < 4.78 is 27.6. The first-order chi connectivity index (χ1) is 11.4. The standard InChI is InChI=1S/C16H16N2O5S/c19-15(17-12-7-8-24(21,22)10-12)9-23-16(20)14-6-5-11-3-1-2-4-13(11)18-14/h1-6,12H,7-10H2,(H,17,19)/t12-/m0/s1. The molecule has 1 saturated heterocycles. The molecule has 0 unspecified atom stereocenters. The number of para-hydroxylation sites is 1. The van der Waals surface area contributed by atoms with Crippen LogP contribution >= 0.6 is 0 Å². The van der Waals surface area contributed by atoms with E-state index in [1.54, 1.807) is 12.1 Å². The molecular weight excluding hydrogens is 332 g/mol. The molecule has 2 heterocycles. The van der Waals surface area contributed by atoms with Crippen LogP contribution in [0.3, 0.4) is 0 Å². The van der Waals surface area contributed by atoms with Crippen LogP contribution in [0, 0.1) is 0 Å². The molecule has 1 aliphatic heterocycles. The van der Waals surface area contributed by atoms with Crippen molar-refractivity contribution in [3.8, 4) is 0 Å². The molecule has 8 heteroatoms. The van der Waals surface area contributed by atoms with Gasteiger partial charge in [-0.2, -0.15) is 0 Å². The Balaban J connectivity index is 1.55. The van der Waals surface area contributed by atoms with Crippen molar-refractivity contribution in [2.45, 2.75) is 12.5 Å². The molecule has 0 spiro atoms. The number of carbonyl (C=O) groups is 2. The van der Waals surface area contributed by atoms with E-state index in [9.17, 15) is 18.0 Å². The highest BCUT2D eigenvalue weighted by Gasteiger charge is 2.29. The van der Waals surface area contributed by atoms with Crippen LogP contribution in [-0.4, -0.2) is 49.4 Å². The first kappa shape index (κ1) is 16.4. The molecule has 0 radical (unpaired) electrons. The third-order valence-corrected chi connectivity index (χ3v) is 5.51. The fourth-order valence-corrected chi connectivity index (χ4v) is 4.24. The number of nitrogens with one attached hydrogen (secondary N) is 1. The maximum Gasteiger partial charge on any atom is 0.357 e. The Hall–Kier alpha value is -2.48. The van der Waals surface area contributed by atoms with Crippen molar-refractivity contribution in [3.63, 3.8) is 0 Å². The Labute approximate surface area is 138 Å². The molecular formula is C16H16N2O5S. The van der Waals surface area contributed by atoms with Crippen molar-refractivity contribution in [3.05, 3.63) is 42.1 Å². The number of hydrogen-bond donors (Lipinski definition) is 1. The summed E-state index contributed by atoms with van der Waals surface area (Å²) in [7, 11) is -3.07. The summed E-state index contributed by atoms with van der Waals surface area (Å²) in [6, 6.07) is 10.2. The first-order valence-corrected chi connectivity index (χ1v) is 9.28. The van der Waals surface area contributed by atoms with Gasteiger partial charge in [0.15, 0.2) is 16.4 Å². The van der Waals surface area contributed by atoms with Crippen molar-refractivity contribution in [1.29, 1.82) is 0 Å². The number of ether oxygens (including phenoxy) is 1. The fraction of sp³-hybridized carbons (Fsp3) is 0.312. The zero-order valence-corrected chi connectivity index (χ0v) is 13.6. The molecule has 0 bridgehead atoms. The third kappa shape index (κ3) is 3.88. The number of carbonyl (C=O) groups excluding carboxylic acids is 2. The molecule has 24 heavy (non-hydrogen) atoms. The fourth-order valence-electron chi connectivity index (χ4n) is 2.56. The lowest BCUT2D eigenvalue weighted by atomic mass is 10.2. The Bertz CT molecular complexity index is 894. The number of amides is 1. The van der Waals surface area contributed by atoms with Crippen molar-refractivity contribution in [2.24, 2.45) is 0 Å². The molecule has 0 saturated carbocycles. The summed E-state index contributed by atoms with van der Waals surface area (Å²) in [5.41, 5.74) is 0.775. The van der Waals surface area contributed by atoms with Gasteiger partial charge >= 0.3 is 5.97 Å². The van der Waals surface area contributed by atoms with Crippen molar-refractivity contribution in [2.75, 3.05) is 18.1 Å². The number of rotatable bonds is 4. The van der Waals surface area contributed by atoms with Gasteiger partial charge in [0.1, 0.15) is 5.69 Å². The predicted octanol–water partition coefficient (Wildman–Crippen LogP) is 0.695. The Morgan fingerprint density at radius 3 is 2.75 bits per heavy atom. The third-order valence-electron chi connectivity index (χ3n) is 3.74. The number of hydrogen-bond acceptors (Lipinski definition) is 6. The van der Waals surface area contributed by atoms with E-state index >= 15 is 0 Å². The van der Waals surface area contributed by atoms with E-state index in [2.05, 4.69) is 10.3 Å². The maximum atomic E-state index is 12.0. The summed E-state index contributed by atoms with van der Waals surface area (Å²) >= 11 is 0. The quantitative estimate of drug-likeness (QED) is 0.816.